The minimum atomic E-state index is -0.00683. The van der Waals surface area contributed by atoms with Crippen LogP contribution in [0.15, 0.2) is 30.9 Å². The fourth-order valence-electron chi connectivity index (χ4n) is 3.14. The third-order valence-electron chi connectivity index (χ3n) is 4.16. The molecule has 1 fully saturated rings. The fraction of sp³-hybridized carbons (Fsp3) is 0.444. The zero-order chi connectivity index (χ0) is 17.1. The highest BCUT2D eigenvalue weighted by atomic mass is 16.2. The number of rotatable bonds is 4. The van der Waals surface area contributed by atoms with Gasteiger partial charge in [0, 0.05) is 31.7 Å². The molecular formula is C18H23N5O. The van der Waals surface area contributed by atoms with Gasteiger partial charge in [-0.25, -0.2) is 0 Å². The second kappa shape index (κ2) is 7.05. The first-order chi connectivity index (χ1) is 11.5. The standard InChI is InChI=1S/C18H23N5O/c1-13-7-14(9-19-8-13)18(24)23-6-4-5-17(23)16-11-20-10-15(21-16)12-22(2)3/h7-11,17H,4-6,12H2,1-3H3/t17-/m1/s1. The molecular weight excluding hydrogens is 302 g/mol. The lowest BCUT2D eigenvalue weighted by atomic mass is 10.1. The van der Waals surface area contributed by atoms with Crippen LogP contribution >= 0.6 is 0 Å². The van der Waals surface area contributed by atoms with Gasteiger partial charge < -0.3 is 9.80 Å². The van der Waals surface area contributed by atoms with E-state index in [1.807, 2.05) is 32.0 Å². The van der Waals surface area contributed by atoms with Crippen LogP contribution < -0.4 is 0 Å². The Hall–Kier alpha value is -2.34. The van der Waals surface area contributed by atoms with Crippen molar-refractivity contribution in [3.63, 3.8) is 0 Å². The van der Waals surface area contributed by atoms with Gasteiger partial charge in [0.25, 0.3) is 5.91 Å². The fourth-order valence-corrected chi connectivity index (χ4v) is 3.14. The lowest BCUT2D eigenvalue weighted by Gasteiger charge is -2.24. The quantitative estimate of drug-likeness (QED) is 0.862. The van der Waals surface area contributed by atoms with E-state index in [9.17, 15) is 4.79 Å². The minimum absolute atomic E-state index is 0.00683. The van der Waals surface area contributed by atoms with Gasteiger partial charge in [0.1, 0.15) is 0 Å². The van der Waals surface area contributed by atoms with E-state index >= 15 is 0 Å². The number of aromatic nitrogens is 3. The molecule has 0 unspecified atom stereocenters. The highest BCUT2D eigenvalue weighted by Crippen LogP contribution is 2.31. The molecule has 0 saturated carbocycles. The first-order valence-corrected chi connectivity index (χ1v) is 8.23. The summed E-state index contributed by atoms with van der Waals surface area (Å²) in [7, 11) is 4.01. The van der Waals surface area contributed by atoms with Crippen LogP contribution in [0, 0.1) is 6.92 Å². The van der Waals surface area contributed by atoms with E-state index in [0.717, 1.165) is 42.9 Å². The highest BCUT2D eigenvalue weighted by Gasteiger charge is 2.32. The second-order valence-corrected chi connectivity index (χ2v) is 6.58. The Morgan fingerprint density at radius 1 is 1.25 bits per heavy atom. The summed E-state index contributed by atoms with van der Waals surface area (Å²) in [6.45, 7) is 3.43. The van der Waals surface area contributed by atoms with Gasteiger partial charge in [-0.2, -0.15) is 0 Å². The Bertz CT molecular complexity index is 731. The van der Waals surface area contributed by atoms with Crippen molar-refractivity contribution in [1.82, 2.24) is 24.8 Å². The summed E-state index contributed by atoms with van der Waals surface area (Å²) in [4.78, 5) is 30.0. The number of nitrogens with zero attached hydrogens (tertiary/aromatic N) is 5. The Balaban J connectivity index is 1.84. The van der Waals surface area contributed by atoms with Crippen molar-refractivity contribution in [3.8, 4) is 0 Å². The number of carbonyl (C=O) groups is 1. The van der Waals surface area contributed by atoms with Crippen molar-refractivity contribution in [3.05, 3.63) is 53.4 Å². The van der Waals surface area contributed by atoms with Crippen molar-refractivity contribution in [1.29, 1.82) is 0 Å². The maximum atomic E-state index is 12.9. The topological polar surface area (TPSA) is 62.2 Å². The lowest BCUT2D eigenvalue weighted by Crippen LogP contribution is -2.31. The van der Waals surface area contributed by atoms with Crippen molar-refractivity contribution >= 4 is 5.91 Å². The molecule has 0 aromatic carbocycles. The molecule has 1 saturated heterocycles. The Morgan fingerprint density at radius 2 is 2.04 bits per heavy atom. The molecule has 0 spiro atoms. The smallest absolute Gasteiger partial charge is 0.255 e. The van der Waals surface area contributed by atoms with Crippen LogP contribution in [0.25, 0.3) is 0 Å². The summed E-state index contributed by atoms with van der Waals surface area (Å²) >= 11 is 0. The number of hydrogen-bond donors (Lipinski definition) is 0. The van der Waals surface area contributed by atoms with Gasteiger partial charge in [-0.15, -0.1) is 0 Å². The van der Waals surface area contributed by atoms with E-state index in [0.29, 0.717) is 5.56 Å². The van der Waals surface area contributed by atoms with E-state index in [-0.39, 0.29) is 11.9 Å². The summed E-state index contributed by atoms with van der Waals surface area (Å²) in [6.07, 6.45) is 8.87. The number of pyridine rings is 1. The maximum Gasteiger partial charge on any atom is 0.255 e. The largest absolute Gasteiger partial charge is 0.330 e. The SMILES string of the molecule is Cc1cncc(C(=O)N2CCC[C@@H]2c2cncc(CN(C)C)n2)c1. The van der Waals surface area contributed by atoms with Crippen LogP contribution in [0.4, 0.5) is 0 Å². The van der Waals surface area contributed by atoms with Crippen LogP contribution in [0.1, 0.15) is 46.2 Å². The molecule has 3 rings (SSSR count). The number of carbonyl (C=O) groups excluding carboxylic acids is 1. The average Bonchev–Trinajstić information content (AvgIpc) is 3.03. The van der Waals surface area contributed by atoms with Gasteiger partial charge in [-0.1, -0.05) is 0 Å². The normalized spacial score (nSPS) is 17.5. The molecule has 6 nitrogen and oxygen atoms in total. The molecule has 2 aromatic heterocycles. The highest BCUT2D eigenvalue weighted by molar-refractivity contribution is 5.94. The Kier molecular flexibility index (Phi) is 4.85. The van der Waals surface area contributed by atoms with Gasteiger partial charge in [-0.3, -0.25) is 19.7 Å². The van der Waals surface area contributed by atoms with Crippen molar-refractivity contribution in [2.75, 3.05) is 20.6 Å². The molecule has 6 heteroatoms. The van der Waals surface area contributed by atoms with Crippen molar-refractivity contribution in [2.45, 2.75) is 32.4 Å². The van der Waals surface area contributed by atoms with Gasteiger partial charge >= 0.3 is 0 Å². The number of hydrogen-bond acceptors (Lipinski definition) is 5. The molecule has 0 aliphatic carbocycles. The molecule has 1 aliphatic heterocycles. The van der Waals surface area contributed by atoms with E-state index in [4.69, 9.17) is 4.98 Å². The zero-order valence-corrected chi connectivity index (χ0v) is 14.4. The number of amides is 1. The van der Waals surface area contributed by atoms with Crippen LogP contribution in [0.5, 0.6) is 0 Å². The van der Waals surface area contributed by atoms with Crippen molar-refractivity contribution in [2.24, 2.45) is 0 Å². The summed E-state index contributed by atoms with van der Waals surface area (Å²) in [5.41, 5.74) is 3.43. The molecule has 126 valence electrons. The van der Waals surface area contributed by atoms with E-state index in [1.165, 1.54) is 0 Å². The van der Waals surface area contributed by atoms with Crippen LogP contribution in [-0.4, -0.2) is 51.3 Å². The molecule has 3 heterocycles. The Labute approximate surface area is 142 Å². The molecule has 1 amide bonds. The molecule has 24 heavy (non-hydrogen) atoms. The van der Waals surface area contributed by atoms with Gasteiger partial charge in [-0.05, 0) is 45.5 Å². The van der Waals surface area contributed by atoms with E-state index < -0.39 is 0 Å². The first kappa shape index (κ1) is 16.5. The van der Waals surface area contributed by atoms with Crippen LogP contribution in [-0.2, 0) is 6.54 Å². The summed E-state index contributed by atoms with van der Waals surface area (Å²) in [6, 6.07) is 1.88. The number of likely N-dealkylation sites (tertiary alicyclic amines) is 1. The third-order valence-corrected chi connectivity index (χ3v) is 4.16. The summed E-state index contributed by atoms with van der Waals surface area (Å²) in [5.74, 6) is 0.0218. The van der Waals surface area contributed by atoms with E-state index in [1.54, 1.807) is 24.8 Å². The minimum Gasteiger partial charge on any atom is -0.330 e. The summed E-state index contributed by atoms with van der Waals surface area (Å²) in [5, 5.41) is 0. The molecule has 0 bridgehead atoms. The van der Waals surface area contributed by atoms with Crippen LogP contribution in [0.2, 0.25) is 0 Å². The predicted octanol–water partition coefficient (Wildman–Crippen LogP) is 2.22. The monoisotopic (exact) mass is 325 g/mol. The Morgan fingerprint density at radius 3 is 2.79 bits per heavy atom. The van der Waals surface area contributed by atoms with E-state index in [2.05, 4.69) is 14.9 Å². The molecule has 2 aromatic rings. The van der Waals surface area contributed by atoms with Gasteiger partial charge in [0.05, 0.1) is 29.2 Å². The van der Waals surface area contributed by atoms with Crippen LogP contribution in [0.3, 0.4) is 0 Å². The first-order valence-electron chi connectivity index (χ1n) is 8.23. The second-order valence-electron chi connectivity index (χ2n) is 6.58. The number of aryl methyl sites for hydroxylation is 1. The molecule has 1 aliphatic rings. The van der Waals surface area contributed by atoms with Gasteiger partial charge in [0.15, 0.2) is 0 Å². The average molecular weight is 325 g/mol. The van der Waals surface area contributed by atoms with Gasteiger partial charge in [0.2, 0.25) is 0 Å². The molecule has 0 N–H and O–H groups in total. The molecule has 0 radical (unpaired) electrons. The predicted molar refractivity (Wildman–Crippen MR) is 91.4 cm³/mol. The zero-order valence-electron chi connectivity index (χ0n) is 14.4. The molecule has 1 atom stereocenters. The lowest BCUT2D eigenvalue weighted by molar-refractivity contribution is 0.0732. The summed E-state index contributed by atoms with van der Waals surface area (Å²) < 4.78 is 0. The third kappa shape index (κ3) is 3.59. The van der Waals surface area contributed by atoms with Crippen molar-refractivity contribution < 1.29 is 4.79 Å². The maximum absolute atomic E-state index is 12.9.